The van der Waals surface area contributed by atoms with Crippen molar-refractivity contribution in [2.75, 3.05) is 12.4 Å². The average Bonchev–Trinajstić information content (AvgIpc) is 3.05. The third-order valence-electron chi connectivity index (χ3n) is 4.67. The number of rotatable bonds is 6. The fourth-order valence-corrected chi connectivity index (χ4v) is 2.85. The SMILES string of the molecule is CC=C(C)C(N)CC(=O)Oc1c(NC(=O)C(F)(F)F)c2c(c(C)c1OC)COC2=O. The van der Waals surface area contributed by atoms with Crippen molar-refractivity contribution >= 4 is 23.5 Å². The number of alkyl halides is 3. The normalized spacial score (nSPS) is 14.7. The number of benzene rings is 1. The van der Waals surface area contributed by atoms with E-state index in [-0.39, 0.29) is 29.9 Å². The molecule has 0 fully saturated rings. The quantitative estimate of drug-likeness (QED) is 0.405. The van der Waals surface area contributed by atoms with Gasteiger partial charge in [-0.05, 0) is 20.8 Å². The summed E-state index contributed by atoms with van der Waals surface area (Å²) in [7, 11) is 1.20. The molecule has 1 aliphatic rings. The van der Waals surface area contributed by atoms with Crippen molar-refractivity contribution in [2.45, 2.75) is 46.0 Å². The molecule has 0 saturated heterocycles. The van der Waals surface area contributed by atoms with Gasteiger partial charge in [-0.1, -0.05) is 11.6 Å². The number of ether oxygens (including phenoxy) is 3. The molecule has 0 aliphatic carbocycles. The molecule has 0 bridgehead atoms. The van der Waals surface area contributed by atoms with Gasteiger partial charge < -0.3 is 25.3 Å². The van der Waals surface area contributed by atoms with E-state index in [9.17, 15) is 27.6 Å². The molecule has 30 heavy (non-hydrogen) atoms. The van der Waals surface area contributed by atoms with E-state index in [1.54, 1.807) is 25.2 Å². The molecule has 0 radical (unpaired) electrons. The van der Waals surface area contributed by atoms with Crippen LogP contribution in [0.3, 0.4) is 0 Å². The van der Waals surface area contributed by atoms with Gasteiger partial charge in [0.05, 0.1) is 19.1 Å². The van der Waals surface area contributed by atoms with Crippen LogP contribution in [0.15, 0.2) is 11.6 Å². The Bertz CT molecular complexity index is 924. The maximum atomic E-state index is 12.8. The second-order valence-corrected chi connectivity index (χ2v) is 6.56. The van der Waals surface area contributed by atoms with Crippen molar-refractivity contribution in [3.63, 3.8) is 0 Å². The van der Waals surface area contributed by atoms with Crippen LogP contribution in [-0.4, -0.2) is 37.2 Å². The van der Waals surface area contributed by atoms with Crippen molar-refractivity contribution in [1.82, 2.24) is 0 Å². The Morgan fingerprint density at radius 3 is 2.50 bits per heavy atom. The fourth-order valence-electron chi connectivity index (χ4n) is 2.85. The molecule has 0 saturated carbocycles. The lowest BCUT2D eigenvalue weighted by Gasteiger charge is -2.20. The lowest BCUT2D eigenvalue weighted by molar-refractivity contribution is -0.167. The number of nitrogens with one attached hydrogen (secondary N) is 1. The first-order valence-electron chi connectivity index (χ1n) is 8.80. The molecular formula is C19H21F3N2O6. The number of halogens is 3. The van der Waals surface area contributed by atoms with Crippen LogP contribution in [-0.2, 0) is 20.9 Å². The van der Waals surface area contributed by atoms with Crippen LogP contribution in [0.4, 0.5) is 18.9 Å². The highest BCUT2D eigenvalue weighted by molar-refractivity contribution is 6.08. The van der Waals surface area contributed by atoms with Gasteiger partial charge in [-0.3, -0.25) is 9.59 Å². The number of amides is 1. The monoisotopic (exact) mass is 430 g/mol. The minimum atomic E-state index is -5.25. The first-order chi connectivity index (χ1) is 13.9. The Morgan fingerprint density at radius 2 is 1.97 bits per heavy atom. The van der Waals surface area contributed by atoms with E-state index in [1.165, 1.54) is 14.0 Å². The van der Waals surface area contributed by atoms with Crippen LogP contribution in [0.5, 0.6) is 11.5 Å². The van der Waals surface area contributed by atoms with Crippen LogP contribution in [0.2, 0.25) is 0 Å². The topological polar surface area (TPSA) is 117 Å². The summed E-state index contributed by atoms with van der Waals surface area (Å²) in [4.78, 5) is 36.1. The van der Waals surface area contributed by atoms with Crippen molar-refractivity contribution < 1.29 is 41.8 Å². The number of fused-ring (bicyclic) bond motifs is 1. The van der Waals surface area contributed by atoms with Crippen LogP contribution >= 0.6 is 0 Å². The van der Waals surface area contributed by atoms with Gasteiger partial charge in [0.2, 0.25) is 0 Å². The van der Waals surface area contributed by atoms with Gasteiger partial charge >= 0.3 is 24.0 Å². The van der Waals surface area contributed by atoms with E-state index in [0.717, 1.165) is 0 Å². The molecule has 2 rings (SSSR count). The van der Waals surface area contributed by atoms with Crippen LogP contribution < -0.4 is 20.5 Å². The first-order valence-corrected chi connectivity index (χ1v) is 8.80. The second kappa shape index (κ2) is 8.74. The molecule has 1 aromatic rings. The van der Waals surface area contributed by atoms with E-state index in [0.29, 0.717) is 11.1 Å². The zero-order chi connectivity index (χ0) is 22.8. The number of methoxy groups -OCH3 is 1. The molecule has 1 amide bonds. The summed E-state index contributed by atoms with van der Waals surface area (Å²) >= 11 is 0. The predicted molar refractivity (Wildman–Crippen MR) is 99.2 cm³/mol. The second-order valence-electron chi connectivity index (χ2n) is 6.56. The number of hydrogen-bond donors (Lipinski definition) is 2. The highest BCUT2D eigenvalue weighted by Crippen LogP contribution is 2.46. The summed E-state index contributed by atoms with van der Waals surface area (Å²) in [5.41, 5.74) is 6.13. The van der Waals surface area contributed by atoms with Gasteiger partial charge in [-0.25, -0.2) is 4.79 Å². The number of carbonyl (C=O) groups excluding carboxylic acids is 3. The summed E-state index contributed by atoms with van der Waals surface area (Å²) in [5, 5.41) is 1.61. The van der Waals surface area contributed by atoms with Gasteiger partial charge in [-0.2, -0.15) is 13.2 Å². The zero-order valence-corrected chi connectivity index (χ0v) is 16.7. The third-order valence-corrected chi connectivity index (χ3v) is 4.67. The van der Waals surface area contributed by atoms with Crippen LogP contribution in [0.25, 0.3) is 0 Å². The number of anilines is 1. The Balaban J connectivity index is 2.58. The molecule has 11 heteroatoms. The highest BCUT2D eigenvalue weighted by atomic mass is 19.4. The molecule has 1 aromatic carbocycles. The molecule has 1 unspecified atom stereocenters. The molecule has 1 heterocycles. The summed E-state index contributed by atoms with van der Waals surface area (Å²) < 4.78 is 53.9. The lowest BCUT2D eigenvalue weighted by Crippen LogP contribution is -2.31. The Kier molecular flexibility index (Phi) is 6.76. The van der Waals surface area contributed by atoms with E-state index < -0.39 is 41.5 Å². The van der Waals surface area contributed by atoms with Gasteiger partial charge in [0.1, 0.15) is 12.3 Å². The van der Waals surface area contributed by atoms with Gasteiger partial charge in [0, 0.05) is 17.2 Å². The molecule has 1 atom stereocenters. The van der Waals surface area contributed by atoms with Gasteiger partial charge in [-0.15, -0.1) is 0 Å². The smallest absolute Gasteiger partial charge is 0.471 e. The molecule has 0 spiro atoms. The molecule has 164 valence electrons. The molecule has 8 nitrogen and oxygen atoms in total. The summed E-state index contributed by atoms with van der Waals surface area (Å²) in [6.45, 7) is 4.71. The van der Waals surface area contributed by atoms with Gasteiger partial charge in [0.25, 0.3) is 0 Å². The van der Waals surface area contributed by atoms with Crippen molar-refractivity contribution in [2.24, 2.45) is 5.73 Å². The Labute approximate surface area is 170 Å². The average molecular weight is 430 g/mol. The van der Waals surface area contributed by atoms with Crippen molar-refractivity contribution in [1.29, 1.82) is 0 Å². The zero-order valence-electron chi connectivity index (χ0n) is 16.7. The maximum absolute atomic E-state index is 12.8. The molecule has 3 N–H and O–H groups in total. The van der Waals surface area contributed by atoms with E-state index in [1.807, 2.05) is 0 Å². The molecule has 0 aromatic heterocycles. The van der Waals surface area contributed by atoms with Crippen molar-refractivity contribution in [3.8, 4) is 11.5 Å². The van der Waals surface area contributed by atoms with E-state index in [4.69, 9.17) is 19.9 Å². The first kappa shape index (κ1) is 23.2. The Hall–Kier alpha value is -3.08. The van der Waals surface area contributed by atoms with Crippen molar-refractivity contribution in [3.05, 3.63) is 28.3 Å². The summed E-state index contributed by atoms with van der Waals surface area (Å²) in [5.74, 6) is -4.86. The van der Waals surface area contributed by atoms with E-state index in [2.05, 4.69) is 0 Å². The number of nitrogens with two attached hydrogens (primary N) is 1. The molecular weight excluding hydrogens is 409 g/mol. The number of esters is 2. The summed E-state index contributed by atoms with van der Waals surface area (Å²) in [6, 6.07) is -0.692. The number of hydrogen-bond acceptors (Lipinski definition) is 7. The lowest BCUT2D eigenvalue weighted by atomic mass is 9.99. The third kappa shape index (κ3) is 4.56. The minimum absolute atomic E-state index is 0.116. The minimum Gasteiger partial charge on any atom is -0.492 e. The standard InChI is InChI=1S/C19H21F3N2O6/c1-5-8(2)11(23)6-12(25)30-16-14(24-18(27)19(20,21)22)13-10(7-29-17(13)26)9(3)15(16)28-4/h5,11H,6-7,23H2,1-4H3,(H,24,27). The number of allylic oxidation sites excluding steroid dienone is 1. The largest absolute Gasteiger partial charge is 0.492 e. The van der Waals surface area contributed by atoms with Crippen LogP contribution in [0, 0.1) is 6.92 Å². The molecule has 1 aliphatic heterocycles. The van der Waals surface area contributed by atoms with E-state index >= 15 is 0 Å². The number of cyclic esters (lactones) is 1. The van der Waals surface area contributed by atoms with Gasteiger partial charge in [0.15, 0.2) is 11.5 Å². The highest BCUT2D eigenvalue weighted by Gasteiger charge is 2.42. The number of carbonyl (C=O) groups is 3. The van der Waals surface area contributed by atoms with Crippen LogP contribution in [0.1, 0.15) is 41.8 Å². The predicted octanol–water partition coefficient (Wildman–Crippen LogP) is 2.76. The maximum Gasteiger partial charge on any atom is 0.471 e. The fraction of sp³-hybridized carbons (Fsp3) is 0.421. The summed E-state index contributed by atoms with van der Waals surface area (Å²) in [6.07, 6.45) is -3.85. The Morgan fingerprint density at radius 1 is 1.33 bits per heavy atom.